The van der Waals surface area contributed by atoms with Crippen LogP contribution in [0.4, 0.5) is 0 Å². The summed E-state index contributed by atoms with van der Waals surface area (Å²) in [5.41, 5.74) is 0.324. The number of carboxylic acids is 1. The molecule has 1 heterocycles. The van der Waals surface area contributed by atoms with E-state index in [1.165, 1.54) is 0 Å². The van der Waals surface area contributed by atoms with Crippen molar-refractivity contribution in [1.82, 2.24) is 4.90 Å². The first-order chi connectivity index (χ1) is 5.13. The summed E-state index contributed by atoms with van der Waals surface area (Å²) < 4.78 is 0. The van der Waals surface area contributed by atoms with E-state index in [1.54, 1.807) is 0 Å². The third kappa shape index (κ3) is 1.60. The maximum absolute atomic E-state index is 10.5. The van der Waals surface area contributed by atoms with Crippen LogP contribution in [0.1, 0.15) is 12.8 Å². The summed E-state index contributed by atoms with van der Waals surface area (Å²) in [5.74, 6) is -0.872. The predicted molar refractivity (Wildman–Crippen MR) is 42.4 cm³/mol. The highest BCUT2D eigenvalue weighted by Crippen LogP contribution is 2.20. The molecule has 1 aliphatic heterocycles. The quantitative estimate of drug-likeness (QED) is 0.597. The average molecular weight is 155 g/mol. The first-order valence-electron chi connectivity index (χ1n) is 3.75. The van der Waals surface area contributed by atoms with E-state index < -0.39 is 5.97 Å². The second kappa shape index (κ2) is 3.05. The van der Waals surface area contributed by atoms with Gasteiger partial charge in [0.25, 0.3) is 0 Å². The van der Waals surface area contributed by atoms with Gasteiger partial charge in [-0.2, -0.15) is 0 Å². The van der Waals surface area contributed by atoms with Crippen molar-refractivity contribution in [2.24, 2.45) is 0 Å². The fourth-order valence-corrected chi connectivity index (χ4v) is 1.49. The van der Waals surface area contributed by atoms with E-state index in [0.717, 1.165) is 19.4 Å². The zero-order chi connectivity index (χ0) is 8.43. The number of nitrogens with zero attached hydrogens (tertiary/aromatic N) is 1. The summed E-state index contributed by atoms with van der Waals surface area (Å²) in [4.78, 5) is 12.5. The van der Waals surface area contributed by atoms with Gasteiger partial charge in [-0.15, -0.1) is 0 Å². The van der Waals surface area contributed by atoms with Crippen LogP contribution in [0.3, 0.4) is 0 Å². The molecule has 0 spiro atoms. The molecule has 62 valence electrons. The molecule has 0 aromatic carbocycles. The van der Waals surface area contributed by atoms with Crippen molar-refractivity contribution in [3.63, 3.8) is 0 Å². The largest absolute Gasteiger partial charge is 0.478 e. The molecule has 3 nitrogen and oxygen atoms in total. The molecular weight excluding hydrogens is 142 g/mol. The second-order valence-electron chi connectivity index (χ2n) is 2.97. The van der Waals surface area contributed by atoms with Gasteiger partial charge in [0, 0.05) is 11.6 Å². The van der Waals surface area contributed by atoms with Gasteiger partial charge in [-0.1, -0.05) is 6.58 Å². The first kappa shape index (κ1) is 8.27. The van der Waals surface area contributed by atoms with Crippen LogP contribution in [0.2, 0.25) is 0 Å². The summed E-state index contributed by atoms with van der Waals surface area (Å²) >= 11 is 0. The summed E-state index contributed by atoms with van der Waals surface area (Å²) in [6.07, 6.45) is 2.01. The molecule has 0 amide bonds. The number of carboxylic acid groups (broad SMARTS) is 1. The van der Waals surface area contributed by atoms with Gasteiger partial charge >= 0.3 is 5.97 Å². The van der Waals surface area contributed by atoms with Crippen molar-refractivity contribution in [2.75, 3.05) is 13.6 Å². The minimum Gasteiger partial charge on any atom is -0.478 e. The van der Waals surface area contributed by atoms with E-state index in [9.17, 15) is 4.79 Å². The highest BCUT2D eigenvalue weighted by molar-refractivity contribution is 5.87. The number of rotatable bonds is 2. The molecule has 0 saturated carbocycles. The molecule has 1 saturated heterocycles. The van der Waals surface area contributed by atoms with Crippen LogP contribution in [-0.4, -0.2) is 35.6 Å². The molecule has 3 heteroatoms. The molecule has 0 aromatic rings. The average Bonchev–Trinajstić information content (AvgIpc) is 2.33. The fourth-order valence-electron chi connectivity index (χ4n) is 1.49. The lowest BCUT2D eigenvalue weighted by atomic mass is 10.1. The molecule has 1 rings (SSSR count). The van der Waals surface area contributed by atoms with Crippen molar-refractivity contribution in [3.8, 4) is 0 Å². The number of likely N-dealkylation sites (tertiary alicyclic amines) is 1. The molecular formula is C8H13NO2. The van der Waals surface area contributed by atoms with Crippen molar-refractivity contribution >= 4 is 5.97 Å². The maximum atomic E-state index is 10.5. The third-order valence-electron chi connectivity index (χ3n) is 2.20. The van der Waals surface area contributed by atoms with Gasteiger partial charge in [0.05, 0.1) is 0 Å². The Labute approximate surface area is 66.3 Å². The molecule has 1 N–H and O–H groups in total. The van der Waals surface area contributed by atoms with Crippen LogP contribution in [0, 0.1) is 0 Å². The smallest absolute Gasteiger partial charge is 0.332 e. The number of aliphatic carboxylic acids is 1. The van der Waals surface area contributed by atoms with Gasteiger partial charge in [-0.25, -0.2) is 4.79 Å². The van der Waals surface area contributed by atoms with Crippen molar-refractivity contribution in [1.29, 1.82) is 0 Å². The fraction of sp³-hybridized carbons (Fsp3) is 0.625. The van der Waals surface area contributed by atoms with Crippen LogP contribution >= 0.6 is 0 Å². The predicted octanol–water partition coefficient (Wildman–Crippen LogP) is 0.721. The van der Waals surface area contributed by atoms with E-state index in [0.29, 0.717) is 5.57 Å². The van der Waals surface area contributed by atoms with E-state index >= 15 is 0 Å². The molecule has 0 unspecified atom stereocenters. The van der Waals surface area contributed by atoms with Crippen molar-refractivity contribution in [3.05, 3.63) is 12.2 Å². The van der Waals surface area contributed by atoms with Crippen molar-refractivity contribution in [2.45, 2.75) is 18.9 Å². The highest BCUT2D eigenvalue weighted by Gasteiger charge is 2.26. The highest BCUT2D eigenvalue weighted by atomic mass is 16.4. The Bertz CT molecular complexity index is 189. The lowest BCUT2D eigenvalue weighted by Gasteiger charge is -2.18. The maximum Gasteiger partial charge on any atom is 0.332 e. The van der Waals surface area contributed by atoms with Crippen LogP contribution in [-0.2, 0) is 4.79 Å². The number of carbonyl (C=O) groups is 1. The van der Waals surface area contributed by atoms with E-state index in [4.69, 9.17) is 5.11 Å². The number of hydrogen-bond donors (Lipinski definition) is 1. The topological polar surface area (TPSA) is 40.5 Å². The Morgan fingerprint density at radius 3 is 2.73 bits per heavy atom. The lowest BCUT2D eigenvalue weighted by Crippen LogP contribution is -2.29. The molecule has 0 radical (unpaired) electrons. The standard InChI is InChI=1S/C8H13NO2/c1-6(8(10)11)7-4-3-5-9(7)2/h7H,1,3-5H2,2H3,(H,10,11)/t7-/m0/s1. The van der Waals surface area contributed by atoms with Gasteiger partial charge < -0.3 is 5.11 Å². The summed E-state index contributed by atoms with van der Waals surface area (Å²) in [5, 5.41) is 8.63. The summed E-state index contributed by atoms with van der Waals surface area (Å²) in [7, 11) is 1.94. The summed E-state index contributed by atoms with van der Waals surface area (Å²) in [6.45, 7) is 4.53. The van der Waals surface area contributed by atoms with Gasteiger partial charge in [0.1, 0.15) is 0 Å². The van der Waals surface area contributed by atoms with Crippen molar-refractivity contribution < 1.29 is 9.90 Å². The molecule has 0 bridgehead atoms. The minimum absolute atomic E-state index is 0.0625. The molecule has 1 atom stereocenters. The number of likely N-dealkylation sites (N-methyl/N-ethyl adjacent to an activating group) is 1. The van der Waals surface area contributed by atoms with Gasteiger partial charge in [-0.3, -0.25) is 4.90 Å². The molecule has 0 aromatic heterocycles. The first-order valence-corrected chi connectivity index (χ1v) is 3.75. The monoisotopic (exact) mass is 155 g/mol. The lowest BCUT2D eigenvalue weighted by molar-refractivity contribution is -0.133. The van der Waals surface area contributed by atoms with Gasteiger partial charge in [0.15, 0.2) is 0 Å². The minimum atomic E-state index is -0.872. The Morgan fingerprint density at radius 2 is 2.36 bits per heavy atom. The second-order valence-corrected chi connectivity index (χ2v) is 2.97. The van der Waals surface area contributed by atoms with E-state index in [-0.39, 0.29) is 6.04 Å². The Morgan fingerprint density at radius 1 is 1.73 bits per heavy atom. The molecule has 1 fully saturated rings. The van der Waals surface area contributed by atoms with Crippen LogP contribution in [0.5, 0.6) is 0 Å². The number of hydrogen-bond acceptors (Lipinski definition) is 2. The van der Waals surface area contributed by atoms with Gasteiger partial charge in [-0.05, 0) is 26.4 Å². The van der Waals surface area contributed by atoms with Gasteiger partial charge in [0.2, 0.25) is 0 Å². The molecule has 11 heavy (non-hydrogen) atoms. The van der Waals surface area contributed by atoms with Crippen LogP contribution in [0.25, 0.3) is 0 Å². The van der Waals surface area contributed by atoms with E-state index in [2.05, 4.69) is 6.58 Å². The zero-order valence-corrected chi connectivity index (χ0v) is 6.71. The third-order valence-corrected chi connectivity index (χ3v) is 2.20. The van der Waals surface area contributed by atoms with Crippen LogP contribution in [0.15, 0.2) is 12.2 Å². The molecule has 0 aliphatic carbocycles. The Hall–Kier alpha value is -0.830. The molecule has 1 aliphatic rings. The van der Waals surface area contributed by atoms with E-state index in [1.807, 2.05) is 11.9 Å². The normalized spacial score (nSPS) is 25.4. The summed E-state index contributed by atoms with van der Waals surface area (Å²) in [6, 6.07) is 0.0625. The SMILES string of the molecule is C=C(C(=O)O)[C@@H]1CCCN1C. The Balaban J connectivity index is 2.60. The Kier molecular flexibility index (Phi) is 2.29. The van der Waals surface area contributed by atoms with Crippen LogP contribution < -0.4 is 0 Å². The zero-order valence-electron chi connectivity index (χ0n) is 6.71.